The van der Waals surface area contributed by atoms with Crippen molar-refractivity contribution in [2.24, 2.45) is 0 Å². The zero-order valence-corrected chi connectivity index (χ0v) is 18.4. The second-order valence-corrected chi connectivity index (χ2v) is 8.00. The summed E-state index contributed by atoms with van der Waals surface area (Å²) in [6.07, 6.45) is 6.44. The molecule has 1 aliphatic rings. The second kappa shape index (κ2) is 9.51. The van der Waals surface area contributed by atoms with Crippen LogP contribution in [0, 0.1) is 0 Å². The van der Waals surface area contributed by atoms with Gasteiger partial charge in [-0.15, -0.1) is 0 Å². The van der Waals surface area contributed by atoms with E-state index >= 15 is 0 Å². The number of aromatic nitrogens is 2. The molecule has 0 saturated carbocycles. The van der Waals surface area contributed by atoms with Crippen molar-refractivity contribution < 1.29 is 9.59 Å². The molecule has 164 valence electrons. The number of nitrogens with zero attached hydrogens (tertiary/aromatic N) is 4. The zero-order chi connectivity index (χ0) is 22.5. The minimum Gasteiger partial charge on any atom is -0.378 e. The minimum atomic E-state index is -0.228. The molecule has 0 aliphatic carbocycles. The van der Waals surface area contributed by atoms with Crippen LogP contribution in [0.2, 0.25) is 0 Å². The van der Waals surface area contributed by atoms with Crippen molar-refractivity contribution in [3.63, 3.8) is 0 Å². The van der Waals surface area contributed by atoms with Crippen molar-refractivity contribution in [3.05, 3.63) is 78.0 Å². The van der Waals surface area contributed by atoms with Gasteiger partial charge in [0.15, 0.2) is 0 Å². The summed E-state index contributed by atoms with van der Waals surface area (Å²) in [4.78, 5) is 28.1. The lowest BCUT2D eigenvalue weighted by atomic mass is 10.2. The van der Waals surface area contributed by atoms with E-state index in [2.05, 4.69) is 39.6 Å². The van der Waals surface area contributed by atoms with Crippen molar-refractivity contribution in [2.45, 2.75) is 19.4 Å². The number of hydrogen-bond donors (Lipinski definition) is 1. The van der Waals surface area contributed by atoms with E-state index in [1.807, 2.05) is 38.4 Å². The zero-order valence-electron chi connectivity index (χ0n) is 18.4. The van der Waals surface area contributed by atoms with Crippen molar-refractivity contribution in [3.8, 4) is 0 Å². The van der Waals surface area contributed by atoms with Gasteiger partial charge in [0, 0.05) is 50.6 Å². The lowest BCUT2D eigenvalue weighted by Gasteiger charge is -2.15. The smallest absolute Gasteiger partial charge is 0.249 e. The molecular formula is C25H27N5O2. The number of amides is 2. The van der Waals surface area contributed by atoms with Crippen molar-refractivity contribution in [1.82, 2.24) is 9.78 Å². The van der Waals surface area contributed by atoms with E-state index in [1.54, 1.807) is 27.9 Å². The molecule has 1 aliphatic heterocycles. The molecule has 7 nitrogen and oxygen atoms in total. The van der Waals surface area contributed by atoms with Crippen molar-refractivity contribution >= 4 is 35.1 Å². The average Bonchev–Trinajstić information content (AvgIpc) is 3.42. The third-order valence-electron chi connectivity index (χ3n) is 5.46. The van der Waals surface area contributed by atoms with Gasteiger partial charge in [-0.05, 0) is 47.9 Å². The summed E-state index contributed by atoms with van der Waals surface area (Å²) in [5.74, 6) is 0.575. The Labute approximate surface area is 187 Å². The fraction of sp³-hybridized carbons (Fsp3) is 0.240. The fourth-order valence-corrected chi connectivity index (χ4v) is 3.66. The van der Waals surface area contributed by atoms with Crippen LogP contribution in [-0.2, 0) is 16.1 Å². The maximum absolute atomic E-state index is 12.4. The first kappa shape index (κ1) is 21.4. The Morgan fingerprint density at radius 2 is 1.84 bits per heavy atom. The molecule has 2 amide bonds. The SMILES string of the molecule is CN(C)c1ccc(Cn2nccc2NC(=O)/C=C/c2ccc(N3CCCC3=O)cc2)cc1. The van der Waals surface area contributed by atoms with Gasteiger partial charge in [0.1, 0.15) is 5.82 Å². The summed E-state index contributed by atoms with van der Waals surface area (Å²) in [5, 5.41) is 7.22. The predicted octanol–water partition coefficient (Wildman–Crippen LogP) is 3.78. The summed E-state index contributed by atoms with van der Waals surface area (Å²) >= 11 is 0. The lowest BCUT2D eigenvalue weighted by molar-refractivity contribution is -0.117. The molecule has 2 heterocycles. The van der Waals surface area contributed by atoms with Crippen LogP contribution in [-0.4, -0.2) is 42.2 Å². The molecule has 7 heteroatoms. The van der Waals surface area contributed by atoms with E-state index in [-0.39, 0.29) is 11.8 Å². The topological polar surface area (TPSA) is 70.5 Å². The molecule has 0 radical (unpaired) electrons. The largest absolute Gasteiger partial charge is 0.378 e. The maximum atomic E-state index is 12.4. The Kier molecular flexibility index (Phi) is 6.35. The number of carbonyl (C=O) groups is 2. The van der Waals surface area contributed by atoms with E-state index in [0.29, 0.717) is 18.8 Å². The first-order valence-corrected chi connectivity index (χ1v) is 10.7. The van der Waals surface area contributed by atoms with Gasteiger partial charge in [-0.25, -0.2) is 4.68 Å². The number of nitrogens with one attached hydrogen (secondary N) is 1. The van der Waals surface area contributed by atoms with E-state index in [9.17, 15) is 9.59 Å². The molecule has 3 aromatic rings. The summed E-state index contributed by atoms with van der Waals surface area (Å²) in [7, 11) is 4.01. The normalized spacial score (nSPS) is 13.7. The van der Waals surface area contributed by atoms with E-state index in [0.717, 1.165) is 35.5 Å². The van der Waals surface area contributed by atoms with Crippen LogP contribution in [0.4, 0.5) is 17.2 Å². The molecule has 0 atom stereocenters. The highest BCUT2D eigenvalue weighted by Gasteiger charge is 2.21. The van der Waals surface area contributed by atoms with Gasteiger partial charge in [-0.2, -0.15) is 5.10 Å². The van der Waals surface area contributed by atoms with Gasteiger partial charge in [-0.1, -0.05) is 24.3 Å². The van der Waals surface area contributed by atoms with Crippen LogP contribution >= 0.6 is 0 Å². The molecule has 1 N–H and O–H groups in total. The van der Waals surface area contributed by atoms with E-state index in [4.69, 9.17) is 0 Å². The Bertz CT molecular complexity index is 1110. The highest BCUT2D eigenvalue weighted by molar-refractivity contribution is 6.01. The minimum absolute atomic E-state index is 0.165. The van der Waals surface area contributed by atoms with Crippen LogP contribution in [0.3, 0.4) is 0 Å². The Morgan fingerprint density at radius 3 is 2.50 bits per heavy atom. The van der Waals surface area contributed by atoms with Gasteiger partial charge >= 0.3 is 0 Å². The average molecular weight is 430 g/mol. The number of benzene rings is 2. The highest BCUT2D eigenvalue weighted by Crippen LogP contribution is 2.22. The van der Waals surface area contributed by atoms with Crippen molar-refractivity contribution in [2.75, 3.05) is 35.8 Å². The summed E-state index contributed by atoms with van der Waals surface area (Å²) in [6, 6.07) is 17.7. The number of carbonyl (C=O) groups excluding carboxylic acids is 2. The summed E-state index contributed by atoms with van der Waals surface area (Å²) < 4.78 is 1.76. The molecule has 0 bridgehead atoms. The van der Waals surface area contributed by atoms with Crippen LogP contribution in [0.5, 0.6) is 0 Å². The molecule has 2 aromatic carbocycles. The number of hydrogen-bond acceptors (Lipinski definition) is 4. The number of rotatable bonds is 7. The fourth-order valence-electron chi connectivity index (χ4n) is 3.66. The third kappa shape index (κ3) is 5.06. The molecule has 1 aromatic heterocycles. The first-order chi connectivity index (χ1) is 15.5. The summed E-state index contributed by atoms with van der Waals surface area (Å²) in [6.45, 7) is 1.33. The second-order valence-electron chi connectivity index (χ2n) is 8.00. The van der Waals surface area contributed by atoms with E-state index < -0.39 is 0 Å². The van der Waals surface area contributed by atoms with Crippen molar-refractivity contribution in [1.29, 1.82) is 0 Å². The maximum Gasteiger partial charge on any atom is 0.249 e. The Morgan fingerprint density at radius 1 is 1.09 bits per heavy atom. The van der Waals surface area contributed by atoms with Crippen LogP contribution < -0.4 is 15.1 Å². The van der Waals surface area contributed by atoms with Crippen LogP contribution in [0.15, 0.2) is 66.9 Å². The molecule has 0 spiro atoms. The Balaban J connectivity index is 1.36. The first-order valence-electron chi connectivity index (χ1n) is 10.7. The number of anilines is 3. The molecule has 1 saturated heterocycles. The van der Waals surface area contributed by atoms with Crippen LogP contribution in [0.1, 0.15) is 24.0 Å². The van der Waals surface area contributed by atoms with Gasteiger partial charge in [0.05, 0.1) is 12.7 Å². The van der Waals surface area contributed by atoms with Gasteiger partial charge in [0.25, 0.3) is 0 Å². The molecular weight excluding hydrogens is 402 g/mol. The third-order valence-corrected chi connectivity index (χ3v) is 5.46. The molecule has 4 rings (SSSR count). The Hall–Kier alpha value is -3.87. The van der Waals surface area contributed by atoms with Gasteiger partial charge in [-0.3, -0.25) is 9.59 Å². The molecule has 1 fully saturated rings. The van der Waals surface area contributed by atoms with E-state index in [1.165, 1.54) is 6.08 Å². The van der Waals surface area contributed by atoms with Gasteiger partial charge in [0.2, 0.25) is 11.8 Å². The van der Waals surface area contributed by atoms with Crippen LogP contribution in [0.25, 0.3) is 6.08 Å². The highest BCUT2D eigenvalue weighted by atomic mass is 16.2. The quantitative estimate of drug-likeness (QED) is 0.581. The summed E-state index contributed by atoms with van der Waals surface area (Å²) in [5.41, 5.74) is 4.02. The standard InChI is InChI=1S/C25H27N5O2/c1-28(2)21-10-7-20(8-11-21)18-30-23(15-16-26-30)27-24(31)14-9-19-5-12-22(13-6-19)29-17-3-4-25(29)32/h5-16H,3-4,17-18H2,1-2H3,(H,27,31)/b14-9+. The van der Waals surface area contributed by atoms with Gasteiger partial charge < -0.3 is 15.1 Å². The molecule has 0 unspecified atom stereocenters. The monoisotopic (exact) mass is 429 g/mol. The lowest BCUT2D eigenvalue weighted by Crippen LogP contribution is -2.23. The molecule has 32 heavy (non-hydrogen) atoms. The predicted molar refractivity (Wildman–Crippen MR) is 128 cm³/mol.